The fourth-order valence-electron chi connectivity index (χ4n) is 2.86. The lowest BCUT2D eigenvalue weighted by molar-refractivity contribution is 0.249. The summed E-state index contributed by atoms with van der Waals surface area (Å²) in [5.74, 6) is 0. The van der Waals surface area contributed by atoms with E-state index in [0.717, 1.165) is 32.0 Å². The molecule has 0 aliphatic heterocycles. The highest BCUT2D eigenvalue weighted by Gasteiger charge is 2.14. The summed E-state index contributed by atoms with van der Waals surface area (Å²) in [7, 11) is 0. The van der Waals surface area contributed by atoms with E-state index < -0.39 is 0 Å². The molecule has 0 saturated heterocycles. The van der Waals surface area contributed by atoms with Gasteiger partial charge in [-0.3, -0.25) is 4.98 Å². The fraction of sp³-hybridized carbons (Fsp3) is 0.0952. The first-order chi connectivity index (χ1) is 13.2. The molecule has 2 aromatic carbocycles. The van der Waals surface area contributed by atoms with Gasteiger partial charge in [0.2, 0.25) is 0 Å². The normalized spacial score (nSPS) is 11.9. The third-order valence-corrected chi connectivity index (χ3v) is 5.32. The van der Waals surface area contributed by atoms with Gasteiger partial charge < -0.3 is 10.6 Å². The van der Waals surface area contributed by atoms with Crippen LogP contribution >= 0.6 is 11.3 Å². The summed E-state index contributed by atoms with van der Waals surface area (Å²) in [5, 5.41) is 6.79. The highest BCUT2D eigenvalue weighted by atomic mass is 32.1. The molecule has 0 aliphatic carbocycles. The van der Waals surface area contributed by atoms with Crippen LogP contribution in [0.3, 0.4) is 0 Å². The van der Waals surface area contributed by atoms with Gasteiger partial charge in [0, 0.05) is 18.0 Å². The lowest BCUT2D eigenvalue weighted by Gasteiger charge is -2.16. The molecule has 5 nitrogen and oxygen atoms in total. The Morgan fingerprint density at radius 3 is 2.56 bits per heavy atom. The standard InChI is InChI=1S/C21H18N4OS/c1-14(15-10-12-22-13-11-15)23-21(26)25-17-7-3-2-6-16(17)20-24-18-8-4-5-9-19(18)27-20/h2-14H,1H3,(H2,23,25,26). The first kappa shape index (κ1) is 17.2. The second kappa shape index (κ2) is 7.55. The lowest BCUT2D eigenvalue weighted by atomic mass is 10.1. The highest BCUT2D eigenvalue weighted by molar-refractivity contribution is 7.21. The van der Waals surface area contributed by atoms with E-state index in [9.17, 15) is 4.79 Å². The Bertz CT molecular complexity index is 1040. The van der Waals surface area contributed by atoms with Crippen molar-refractivity contribution in [3.05, 3.63) is 78.6 Å². The van der Waals surface area contributed by atoms with Gasteiger partial charge >= 0.3 is 6.03 Å². The zero-order valence-corrected chi connectivity index (χ0v) is 15.5. The van der Waals surface area contributed by atoms with Crippen LogP contribution in [0.5, 0.6) is 0 Å². The SMILES string of the molecule is CC(NC(=O)Nc1ccccc1-c1nc2ccccc2s1)c1ccncc1. The third kappa shape index (κ3) is 3.80. The lowest BCUT2D eigenvalue weighted by Crippen LogP contribution is -2.31. The molecule has 0 bridgehead atoms. The Morgan fingerprint density at radius 1 is 1.00 bits per heavy atom. The van der Waals surface area contributed by atoms with Crippen LogP contribution in [-0.2, 0) is 0 Å². The fourth-order valence-corrected chi connectivity index (χ4v) is 3.86. The molecular formula is C21H18N4OS. The van der Waals surface area contributed by atoms with Crippen molar-refractivity contribution < 1.29 is 4.79 Å². The van der Waals surface area contributed by atoms with Crippen molar-refractivity contribution in [2.75, 3.05) is 5.32 Å². The predicted molar refractivity (Wildman–Crippen MR) is 110 cm³/mol. The molecule has 134 valence electrons. The van der Waals surface area contributed by atoms with Crippen molar-refractivity contribution >= 4 is 33.3 Å². The number of hydrogen-bond acceptors (Lipinski definition) is 4. The maximum Gasteiger partial charge on any atom is 0.319 e. The van der Waals surface area contributed by atoms with Crippen LogP contribution in [0.25, 0.3) is 20.8 Å². The third-order valence-electron chi connectivity index (χ3n) is 4.25. The quantitative estimate of drug-likeness (QED) is 0.513. The highest BCUT2D eigenvalue weighted by Crippen LogP contribution is 2.34. The van der Waals surface area contributed by atoms with Gasteiger partial charge in [0.15, 0.2) is 0 Å². The molecule has 0 aliphatic rings. The van der Waals surface area contributed by atoms with E-state index in [1.54, 1.807) is 23.7 Å². The van der Waals surface area contributed by atoms with Crippen molar-refractivity contribution in [1.82, 2.24) is 15.3 Å². The van der Waals surface area contributed by atoms with Crippen LogP contribution in [0, 0.1) is 0 Å². The van der Waals surface area contributed by atoms with Crippen LogP contribution in [0.15, 0.2) is 73.1 Å². The number of aromatic nitrogens is 2. The molecule has 0 fully saturated rings. The van der Waals surface area contributed by atoms with Crippen LogP contribution in [-0.4, -0.2) is 16.0 Å². The summed E-state index contributed by atoms with van der Waals surface area (Å²) in [5.41, 5.74) is 3.60. The number of thiazole rings is 1. The number of carbonyl (C=O) groups excluding carboxylic acids is 1. The number of nitrogens with one attached hydrogen (secondary N) is 2. The first-order valence-electron chi connectivity index (χ1n) is 8.63. The topological polar surface area (TPSA) is 66.9 Å². The summed E-state index contributed by atoms with van der Waals surface area (Å²) >= 11 is 1.61. The molecule has 2 N–H and O–H groups in total. The molecule has 27 heavy (non-hydrogen) atoms. The molecule has 1 atom stereocenters. The van der Waals surface area contributed by atoms with Crippen LogP contribution in [0.1, 0.15) is 18.5 Å². The summed E-state index contributed by atoms with van der Waals surface area (Å²) < 4.78 is 1.12. The van der Waals surface area contributed by atoms with Crippen molar-refractivity contribution in [2.24, 2.45) is 0 Å². The molecule has 4 aromatic rings. The number of carbonyl (C=O) groups is 1. The van der Waals surface area contributed by atoms with E-state index in [0.29, 0.717) is 0 Å². The molecule has 2 heterocycles. The average molecular weight is 374 g/mol. The minimum Gasteiger partial charge on any atom is -0.331 e. The molecule has 0 spiro atoms. The van der Waals surface area contributed by atoms with Crippen LogP contribution in [0.2, 0.25) is 0 Å². The summed E-state index contributed by atoms with van der Waals surface area (Å²) in [6.07, 6.45) is 3.43. The number of hydrogen-bond donors (Lipinski definition) is 2. The van der Waals surface area contributed by atoms with Gasteiger partial charge in [-0.2, -0.15) is 0 Å². The predicted octanol–water partition coefficient (Wildman–Crippen LogP) is 5.24. The average Bonchev–Trinajstić information content (AvgIpc) is 3.13. The van der Waals surface area contributed by atoms with E-state index >= 15 is 0 Å². The Morgan fingerprint density at radius 2 is 1.74 bits per heavy atom. The van der Waals surface area contributed by atoms with Gasteiger partial charge in [-0.05, 0) is 48.9 Å². The van der Waals surface area contributed by atoms with Crippen molar-refractivity contribution in [3.63, 3.8) is 0 Å². The summed E-state index contributed by atoms with van der Waals surface area (Å²) in [6.45, 7) is 1.94. The Balaban J connectivity index is 1.55. The molecule has 0 saturated carbocycles. The van der Waals surface area contributed by atoms with Crippen LogP contribution < -0.4 is 10.6 Å². The van der Waals surface area contributed by atoms with Gasteiger partial charge in [0.25, 0.3) is 0 Å². The number of urea groups is 1. The van der Waals surface area contributed by atoms with Gasteiger partial charge in [-0.1, -0.05) is 24.3 Å². The Kier molecular flexibility index (Phi) is 4.80. The summed E-state index contributed by atoms with van der Waals surface area (Å²) in [6, 6.07) is 19.1. The zero-order chi connectivity index (χ0) is 18.6. The first-order valence-corrected chi connectivity index (χ1v) is 9.45. The minimum atomic E-state index is -0.257. The summed E-state index contributed by atoms with van der Waals surface area (Å²) in [4.78, 5) is 21.2. The number of fused-ring (bicyclic) bond motifs is 1. The van der Waals surface area contributed by atoms with Gasteiger partial charge in [-0.25, -0.2) is 9.78 Å². The number of amides is 2. The number of nitrogens with zero attached hydrogens (tertiary/aromatic N) is 2. The number of anilines is 1. The number of rotatable bonds is 4. The van der Waals surface area contributed by atoms with Gasteiger partial charge in [0.1, 0.15) is 5.01 Å². The van der Waals surface area contributed by atoms with Crippen molar-refractivity contribution in [1.29, 1.82) is 0 Å². The van der Waals surface area contributed by atoms with Crippen molar-refractivity contribution in [2.45, 2.75) is 13.0 Å². The second-order valence-electron chi connectivity index (χ2n) is 6.13. The smallest absolute Gasteiger partial charge is 0.319 e. The molecule has 2 amide bonds. The maximum absolute atomic E-state index is 12.5. The van der Waals surface area contributed by atoms with E-state index in [-0.39, 0.29) is 12.1 Å². The van der Waals surface area contributed by atoms with Gasteiger partial charge in [0.05, 0.1) is 21.9 Å². The van der Waals surface area contributed by atoms with Crippen molar-refractivity contribution in [3.8, 4) is 10.6 Å². The Hall–Kier alpha value is -3.25. The molecule has 0 radical (unpaired) electrons. The van der Waals surface area contributed by atoms with E-state index in [2.05, 4.69) is 21.7 Å². The molecule has 4 rings (SSSR count). The molecule has 2 aromatic heterocycles. The van der Waals surface area contributed by atoms with Gasteiger partial charge in [-0.15, -0.1) is 11.3 Å². The largest absolute Gasteiger partial charge is 0.331 e. The zero-order valence-electron chi connectivity index (χ0n) is 14.7. The van der Waals surface area contributed by atoms with E-state index in [4.69, 9.17) is 4.98 Å². The Labute approximate surface area is 161 Å². The number of para-hydroxylation sites is 2. The molecular weight excluding hydrogens is 356 g/mol. The second-order valence-corrected chi connectivity index (χ2v) is 7.16. The monoisotopic (exact) mass is 374 g/mol. The number of pyridine rings is 1. The molecule has 6 heteroatoms. The minimum absolute atomic E-state index is 0.123. The maximum atomic E-state index is 12.5. The molecule has 1 unspecified atom stereocenters. The van der Waals surface area contributed by atoms with E-state index in [1.807, 2.05) is 61.5 Å². The van der Waals surface area contributed by atoms with E-state index in [1.165, 1.54) is 0 Å². The number of benzene rings is 2. The van der Waals surface area contributed by atoms with Crippen LogP contribution in [0.4, 0.5) is 10.5 Å².